The van der Waals surface area contributed by atoms with E-state index in [1.54, 1.807) is 16.7 Å². The molecule has 2 N–H and O–H groups in total. The van der Waals surface area contributed by atoms with Gasteiger partial charge in [-0.15, -0.1) is 0 Å². The van der Waals surface area contributed by atoms with Crippen LogP contribution >= 0.6 is 35.0 Å². The van der Waals surface area contributed by atoms with Gasteiger partial charge in [0.05, 0.1) is 0 Å². The Bertz CT molecular complexity index is 926. The van der Waals surface area contributed by atoms with Crippen molar-refractivity contribution >= 4 is 40.8 Å². The fourth-order valence-electron chi connectivity index (χ4n) is 2.20. The SMILES string of the molecule is Nc1cc(=O)nc(SCc2cccc(Cl)c2)n1-c1ccc(Cl)cc1. The van der Waals surface area contributed by atoms with Crippen molar-refractivity contribution in [2.45, 2.75) is 10.9 Å². The minimum Gasteiger partial charge on any atom is -0.385 e. The molecule has 0 saturated carbocycles. The molecule has 7 heteroatoms. The van der Waals surface area contributed by atoms with Crippen LogP contribution in [-0.2, 0) is 5.75 Å². The number of nitrogens with zero attached hydrogens (tertiary/aromatic N) is 2. The zero-order valence-corrected chi connectivity index (χ0v) is 14.8. The molecule has 0 spiro atoms. The molecule has 0 radical (unpaired) electrons. The Morgan fingerprint density at radius 2 is 1.79 bits per heavy atom. The summed E-state index contributed by atoms with van der Waals surface area (Å²) in [6, 6.07) is 16.0. The normalized spacial score (nSPS) is 10.8. The number of benzene rings is 2. The average molecular weight is 378 g/mol. The van der Waals surface area contributed by atoms with Crippen LogP contribution in [0.5, 0.6) is 0 Å². The van der Waals surface area contributed by atoms with Gasteiger partial charge in [-0.2, -0.15) is 4.98 Å². The van der Waals surface area contributed by atoms with Crippen LogP contribution in [0, 0.1) is 0 Å². The lowest BCUT2D eigenvalue weighted by Crippen LogP contribution is -2.16. The number of halogens is 2. The second-order valence-corrected chi connectivity index (χ2v) is 6.85. The molecule has 0 aliphatic carbocycles. The summed E-state index contributed by atoms with van der Waals surface area (Å²) in [6.07, 6.45) is 0. The van der Waals surface area contributed by atoms with Crippen molar-refractivity contribution in [3.8, 4) is 5.69 Å². The van der Waals surface area contributed by atoms with E-state index in [1.807, 2.05) is 36.4 Å². The van der Waals surface area contributed by atoms with Crippen molar-refractivity contribution in [3.63, 3.8) is 0 Å². The maximum Gasteiger partial charge on any atom is 0.275 e. The molecule has 1 aromatic heterocycles. The number of nitrogen functional groups attached to an aromatic ring is 1. The van der Waals surface area contributed by atoms with Crippen LogP contribution in [0.25, 0.3) is 5.69 Å². The Morgan fingerprint density at radius 3 is 2.50 bits per heavy atom. The standard InChI is InChI=1S/C17H13Cl2N3OS/c18-12-4-6-14(7-5-12)22-15(20)9-16(23)21-17(22)24-10-11-2-1-3-13(19)8-11/h1-9H,10,20H2. The van der Waals surface area contributed by atoms with Gasteiger partial charge in [-0.1, -0.05) is 47.1 Å². The maximum atomic E-state index is 11.8. The van der Waals surface area contributed by atoms with Gasteiger partial charge in [0.25, 0.3) is 5.56 Å². The van der Waals surface area contributed by atoms with Crippen molar-refractivity contribution in [3.05, 3.63) is 80.6 Å². The summed E-state index contributed by atoms with van der Waals surface area (Å²) >= 11 is 13.4. The molecule has 0 unspecified atom stereocenters. The number of thioether (sulfide) groups is 1. The van der Waals surface area contributed by atoms with Gasteiger partial charge in [-0.25, -0.2) is 0 Å². The number of hydrogen-bond acceptors (Lipinski definition) is 4. The molecule has 2 aromatic carbocycles. The largest absolute Gasteiger partial charge is 0.385 e. The summed E-state index contributed by atoms with van der Waals surface area (Å²) in [5.74, 6) is 0.940. The van der Waals surface area contributed by atoms with Gasteiger partial charge in [0.2, 0.25) is 0 Å². The fraction of sp³-hybridized carbons (Fsp3) is 0.0588. The monoisotopic (exact) mass is 377 g/mol. The maximum absolute atomic E-state index is 11.8. The van der Waals surface area contributed by atoms with Crippen LogP contribution < -0.4 is 11.3 Å². The molecule has 24 heavy (non-hydrogen) atoms. The summed E-state index contributed by atoms with van der Waals surface area (Å²) in [5, 5.41) is 1.81. The summed E-state index contributed by atoms with van der Waals surface area (Å²) < 4.78 is 1.73. The molecule has 122 valence electrons. The summed E-state index contributed by atoms with van der Waals surface area (Å²) in [6.45, 7) is 0. The first kappa shape index (κ1) is 16.9. The van der Waals surface area contributed by atoms with E-state index in [0.717, 1.165) is 11.3 Å². The highest BCUT2D eigenvalue weighted by Crippen LogP contribution is 2.26. The fourth-order valence-corrected chi connectivity index (χ4v) is 3.51. The van der Waals surface area contributed by atoms with Gasteiger partial charge >= 0.3 is 0 Å². The molecular weight excluding hydrogens is 365 g/mol. The Morgan fingerprint density at radius 1 is 1.04 bits per heavy atom. The summed E-state index contributed by atoms with van der Waals surface area (Å²) in [5.41, 5.74) is 7.50. The average Bonchev–Trinajstić information content (AvgIpc) is 2.54. The molecule has 1 heterocycles. The molecule has 3 rings (SSSR count). The van der Waals surface area contributed by atoms with Gasteiger partial charge in [-0.05, 0) is 42.0 Å². The van der Waals surface area contributed by atoms with Gasteiger partial charge in [0, 0.05) is 27.6 Å². The second kappa shape index (κ2) is 7.30. The van der Waals surface area contributed by atoms with Crippen molar-refractivity contribution in [1.29, 1.82) is 0 Å². The van der Waals surface area contributed by atoms with Crippen LogP contribution in [0.3, 0.4) is 0 Å². The number of aromatic nitrogens is 2. The quantitative estimate of drug-likeness (QED) is 0.540. The molecule has 0 aliphatic rings. The van der Waals surface area contributed by atoms with Crippen LogP contribution in [-0.4, -0.2) is 9.55 Å². The highest BCUT2D eigenvalue weighted by atomic mass is 35.5. The molecule has 0 fully saturated rings. The molecule has 4 nitrogen and oxygen atoms in total. The molecule has 3 aromatic rings. The Kier molecular flexibility index (Phi) is 5.14. The van der Waals surface area contributed by atoms with E-state index in [1.165, 1.54) is 17.8 Å². The zero-order valence-electron chi connectivity index (χ0n) is 12.4. The van der Waals surface area contributed by atoms with E-state index in [4.69, 9.17) is 28.9 Å². The molecule has 0 bridgehead atoms. The van der Waals surface area contributed by atoms with E-state index in [2.05, 4.69) is 4.98 Å². The first-order chi connectivity index (χ1) is 11.5. The van der Waals surface area contributed by atoms with Crippen molar-refractivity contribution in [2.75, 3.05) is 5.73 Å². The van der Waals surface area contributed by atoms with Gasteiger partial charge in [0.15, 0.2) is 5.16 Å². The van der Waals surface area contributed by atoms with E-state index >= 15 is 0 Å². The Balaban J connectivity index is 1.97. The van der Waals surface area contributed by atoms with E-state index < -0.39 is 0 Å². The van der Waals surface area contributed by atoms with E-state index in [0.29, 0.717) is 26.8 Å². The molecule has 0 amide bonds. The highest BCUT2D eigenvalue weighted by Gasteiger charge is 2.11. The number of nitrogens with two attached hydrogens (primary N) is 1. The van der Waals surface area contributed by atoms with Crippen LogP contribution in [0.15, 0.2) is 64.5 Å². The highest BCUT2D eigenvalue weighted by molar-refractivity contribution is 7.98. The first-order valence-corrected chi connectivity index (χ1v) is 8.80. The predicted molar refractivity (Wildman–Crippen MR) is 100 cm³/mol. The third-order valence-corrected chi connectivity index (χ3v) is 4.77. The van der Waals surface area contributed by atoms with Crippen LogP contribution in [0.4, 0.5) is 5.82 Å². The molecule has 0 aliphatic heterocycles. The number of hydrogen-bond donors (Lipinski definition) is 1. The summed E-state index contributed by atoms with van der Waals surface area (Å²) in [4.78, 5) is 15.8. The third kappa shape index (κ3) is 3.93. The lowest BCUT2D eigenvalue weighted by atomic mass is 10.2. The topological polar surface area (TPSA) is 60.9 Å². The predicted octanol–water partition coefficient (Wildman–Crippen LogP) is 4.41. The molecule has 0 saturated heterocycles. The minimum atomic E-state index is -0.369. The molecule has 0 atom stereocenters. The Hall–Kier alpha value is -1.95. The van der Waals surface area contributed by atoms with Gasteiger partial charge in [-0.3, -0.25) is 9.36 Å². The second-order valence-electron chi connectivity index (χ2n) is 5.03. The van der Waals surface area contributed by atoms with Gasteiger partial charge < -0.3 is 5.73 Å². The van der Waals surface area contributed by atoms with Crippen LogP contribution in [0.1, 0.15) is 5.56 Å². The number of anilines is 1. The van der Waals surface area contributed by atoms with E-state index in [-0.39, 0.29) is 5.56 Å². The van der Waals surface area contributed by atoms with Gasteiger partial charge in [0.1, 0.15) is 5.82 Å². The smallest absolute Gasteiger partial charge is 0.275 e. The van der Waals surface area contributed by atoms with Crippen molar-refractivity contribution < 1.29 is 0 Å². The third-order valence-electron chi connectivity index (χ3n) is 3.27. The molecular formula is C17H13Cl2N3OS. The Labute approximate surface area is 153 Å². The van der Waals surface area contributed by atoms with Crippen molar-refractivity contribution in [1.82, 2.24) is 9.55 Å². The summed E-state index contributed by atoms with van der Waals surface area (Å²) in [7, 11) is 0. The lowest BCUT2D eigenvalue weighted by molar-refractivity contribution is 0.823. The minimum absolute atomic E-state index is 0.325. The van der Waals surface area contributed by atoms with Crippen LogP contribution in [0.2, 0.25) is 10.0 Å². The van der Waals surface area contributed by atoms with Crippen molar-refractivity contribution in [2.24, 2.45) is 0 Å². The zero-order chi connectivity index (χ0) is 17.1. The van der Waals surface area contributed by atoms with E-state index in [9.17, 15) is 4.79 Å². The first-order valence-electron chi connectivity index (χ1n) is 7.06. The lowest BCUT2D eigenvalue weighted by Gasteiger charge is -2.14. The number of rotatable bonds is 4.